The number of carbonyl (C=O) groups excluding carboxylic acids is 3. The number of tetrazole rings is 1. The molecule has 0 bridgehead atoms. The summed E-state index contributed by atoms with van der Waals surface area (Å²) in [7, 11) is 1.68. The maximum atomic E-state index is 13.2. The summed E-state index contributed by atoms with van der Waals surface area (Å²) in [5.74, 6) is -2.61. The number of aliphatic hydroxyl groups is 1. The summed E-state index contributed by atoms with van der Waals surface area (Å²) in [6, 6.07) is -1.78. The lowest BCUT2D eigenvalue weighted by atomic mass is 9.74. The zero-order valence-electron chi connectivity index (χ0n) is 23.7. The summed E-state index contributed by atoms with van der Waals surface area (Å²) in [5.41, 5.74) is 5.38. The normalized spacial score (nSPS) is 29.5. The summed E-state index contributed by atoms with van der Waals surface area (Å²) in [6.45, 7) is 4.45. The van der Waals surface area contributed by atoms with Gasteiger partial charge in [-0.25, -0.2) is 4.68 Å². The number of carbonyl (C=O) groups is 4. The van der Waals surface area contributed by atoms with Gasteiger partial charge in [-0.1, -0.05) is 6.92 Å². The van der Waals surface area contributed by atoms with Crippen LogP contribution < -0.4 is 21.7 Å². The first-order chi connectivity index (χ1) is 19.8. The van der Waals surface area contributed by atoms with E-state index in [0.717, 1.165) is 0 Å². The molecule has 8 N–H and O–H groups in total. The lowest BCUT2D eigenvalue weighted by molar-refractivity contribution is -0.159. The first-order valence-electron chi connectivity index (χ1n) is 13.8. The quantitative estimate of drug-likeness (QED) is 0.0696. The Labute approximate surface area is 246 Å². The van der Waals surface area contributed by atoms with Gasteiger partial charge in [0.25, 0.3) is 0 Å². The number of carboxylic acids is 1. The number of rotatable bonds is 12. The smallest absolute Gasteiger partial charge is 0.304 e. The van der Waals surface area contributed by atoms with E-state index >= 15 is 0 Å². The molecular weight excluding hydrogens is 570 g/mol. The Morgan fingerprint density at radius 3 is 2.69 bits per heavy atom. The first-order valence-corrected chi connectivity index (χ1v) is 14.7. The number of β-amino-alcohol motifs (C(OH)–C–C–N with tert-alkyl or cyclic N) is 1. The molecule has 3 aliphatic heterocycles. The summed E-state index contributed by atoms with van der Waals surface area (Å²) in [5, 5.41) is 46.4. The van der Waals surface area contributed by atoms with Crippen molar-refractivity contribution in [3.8, 4) is 0 Å². The third-order valence-electron chi connectivity index (χ3n) is 8.27. The molecular formula is C24H39N11O6S. The van der Waals surface area contributed by atoms with E-state index in [4.69, 9.17) is 11.1 Å². The second-order valence-electron chi connectivity index (χ2n) is 11.3. The van der Waals surface area contributed by atoms with E-state index in [1.165, 1.54) is 22.8 Å². The van der Waals surface area contributed by atoms with E-state index in [1.54, 1.807) is 23.8 Å². The molecule has 1 aromatic rings. The Hall–Kier alpha value is -3.51. The van der Waals surface area contributed by atoms with Crippen LogP contribution in [-0.4, -0.2) is 137 Å². The fraction of sp³-hybridized carbons (Fsp3) is 0.750. The number of hydrogen-bond donors (Lipinski definition) is 7. The molecule has 1 aromatic heterocycles. The van der Waals surface area contributed by atoms with Gasteiger partial charge in [0.1, 0.15) is 12.9 Å². The molecule has 4 heterocycles. The molecule has 232 valence electrons. The zero-order valence-corrected chi connectivity index (χ0v) is 24.5. The van der Waals surface area contributed by atoms with Crippen molar-refractivity contribution in [2.75, 3.05) is 26.7 Å². The van der Waals surface area contributed by atoms with Crippen molar-refractivity contribution < 1.29 is 29.4 Å². The Morgan fingerprint density at radius 2 is 2.05 bits per heavy atom. The second kappa shape index (κ2) is 13.2. The highest BCUT2D eigenvalue weighted by Crippen LogP contribution is 2.41. The van der Waals surface area contributed by atoms with Gasteiger partial charge in [-0.3, -0.25) is 24.6 Å². The third-order valence-corrected chi connectivity index (χ3v) is 9.96. The molecule has 6 unspecified atom stereocenters. The molecule has 42 heavy (non-hydrogen) atoms. The summed E-state index contributed by atoms with van der Waals surface area (Å²) in [6.07, 6.45) is 0.837. The number of aliphatic hydroxyl groups excluding tert-OH is 1. The monoisotopic (exact) mass is 609 g/mol. The number of nitrogens with one attached hydrogen (secondary N) is 4. The van der Waals surface area contributed by atoms with Gasteiger partial charge in [0.05, 0.1) is 30.5 Å². The highest BCUT2D eigenvalue weighted by Gasteiger charge is 2.52. The minimum Gasteiger partial charge on any atom is -0.481 e. The number of nitrogens with zero attached hydrogens (tertiary/aromatic N) is 6. The Balaban J connectivity index is 1.36. The number of β-lactam (4-membered cyclic amide) rings is 1. The Morgan fingerprint density at radius 1 is 1.31 bits per heavy atom. The van der Waals surface area contributed by atoms with Crippen LogP contribution >= 0.6 is 11.8 Å². The summed E-state index contributed by atoms with van der Waals surface area (Å²) >= 11 is 1.50. The number of thioether (sulfide) groups is 1. The van der Waals surface area contributed by atoms with Gasteiger partial charge in [-0.05, 0) is 29.7 Å². The molecule has 9 atom stereocenters. The SMILES string of the molecule is CC(NC(=O)Cn1cnnn1)[C@H]1C(=O)N(C)[C@@H]1C(C)C(CC(=O)O)SC1CNC(C(=O)N2CC(NC(=N)N)[C@H](O)C2)C1. The van der Waals surface area contributed by atoms with Crippen LogP contribution in [0.5, 0.6) is 0 Å². The molecule has 0 spiro atoms. The van der Waals surface area contributed by atoms with Crippen molar-refractivity contribution in [2.24, 2.45) is 17.6 Å². The van der Waals surface area contributed by atoms with Crippen molar-refractivity contribution in [3.05, 3.63) is 6.33 Å². The maximum Gasteiger partial charge on any atom is 0.304 e. The first kappa shape index (κ1) is 31.4. The van der Waals surface area contributed by atoms with E-state index in [0.29, 0.717) is 13.0 Å². The molecule has 0 saturated carbocycles. The molecule has 0 aromatic carbocycles. The van der Waals surface area contributed by atoms with E-state index in [1.807, 2.05) is 6.92 Å². The molecule has 3 aliphatic rings. The summed E-state index contributed by atoms with van der Waals surface area (Å²) in [4.78, 5) is 53.5. The predicted octanol–water partition coefficient (Wildman–Crippen LogP) is -3.37. The van der Waals surface area contributed by atoms with Crippen LogP contribution in [0.1, 0.15) is 26.7 Å². The second-order valence-corrected chi connectivity index (χ2v) is 12.8. The number of likely N-dealkylation sites (tertiary alicyclic amines) is 2. The van der Waals surface area contributed by atoms with Gasteiger partial charge in [-0.15, -0.1) is 5.10 Å². The Kier molecular flexibility index (Phi) is 9.88. The van der Waals surface area contributed by atoms with E-state index < -0.39 is 36.1 Å². The zero-order chi connectivity index (χ0) is 30.7. The van der Waals surface area contributed by atoms with Gasteiger partial charge in [0.15, 0.2) is 5.96 Å². The number of aliphatic carboxylic acids is 1. The number of carboxylic acid groups (broad SMARTS) is 1. The maximum absolute atomic E-state index is 13.2. The average Bonchev–Trinajstić information content (AvgIpc) is 3.67. The minimum atomic E-state index is -0.958. The average molecular weight is 610 g/mol. The van der Waals surface area contributed by atoms with Crippen molar-refractivity contribution in [2.45, 2.75) is 74.0 Å². The number of amides is 3. The van der Waals surface area contributed by atoms with E-state index in [-0.39, 0.29) is 72.2 Å². The largest absolute Gasteiger partial charge is 0.481 e. The van der Waals surface area contributed by atoms with Gasteiger partial charge in [0.2, 0.25) is 17.7 Å². The molecule has 4 rings (SSSR count). The highest BCUT2D eigenvalue weighted by atomic mass is 32.2. The molecule has 3 amide bonds. The molecule has 18 heteroatoms. The molecule has 0 radical (unpaired) electrons. The fourth-order valence-corrected chi connectivity index (χ4v) is 7.82. The van der Waals surface area contributed by atoms with Crippen LogP contribution in [0.4, 0.5) is 0 Å². The Bertz CT molecular complexity index is 1170. The number of nitrogens with two attached hydrogens (primary N) is 1. The van der Waals surface area contributed by atoms with Crippen molar-refractivity contribution in [1.82, 2.24) is 46.0 Å². The molecule has 3 saturated heterocycles. The lowest BCUT2D eigenvalue weighted by Gasteiger charge is -2.52. The lowest BCUT2D eigenvalue weighted by Crippen LogP contribution is -2.68. The van der Waals surface area contributed by atoms with Crippen LogP contribution in [0.15, 0.2) is 6.33 Å². The standard InChI is InChI=1S/C24H39N11O6S/c1-11(21-20(23(41)33(21)3)12(2)29-18(37)9-35-10-28-31-32-35)17(5-19(38)39)42-13-4-14(27-6-13)22(40)34-7-15(16(36)8-34)30-24(25)26/h10-17,20-21,27,36H,4-9H2,1-3H3,(H,29,37)(H,38,39)(H4,25,26,30)/t11?,12?,13?,14?,15?,16-,17?,20-,21-/m1/s1. The molecule has 0 aliphatic carbocycles. The van der Waals surface area contributed by atoms with Crippen LogP contribution in [0.25, 0.3) is 0 Å². The van der Waals surface area contributed by atoms with Crippen molar-refractivity contribution >= 4 is 41.4 Å². The minimum absolute atomic E-state index is 0.0441. The number of guanidine groups is 1. The summed E-state index contributed by atoms with van der Waals surface area (Å²) < 4.78 is 1.28. The van der Waals surface area contributed by atoms with Gasteiger partial charge in [0, 0.05) is 49.3 Å². The predicted molar refractivity (Wildman–Crippen MR) is 150 cm³/mol. The van der Waals surface area contributed by atoms with Gasteiger partial charge in [-0.2, -0.15) is 11.8 Å². The molecule has 3 fully saturated rings. The van der Waals surface area contributed by atoms with Crippen molar-refractivity contribution in [3.63, 3.8) is 0 Å². The van der Waals surface area contributed by atoms with Crippen LogP contribution in [0.3, 0.4) is 0 Å². The van der Waals surface area contributed by atoms with E-state index in [9.17, 15) is 29.4 Å². The van der Waals surface area contributed by atoms with Crippen molar-refractivity contribution in [1.29, 1.82) is 5.41 Å². The molecule has 17 nitrogen and oxygen atoms in total. The van der Waals surface area contributed by atoms with Crippen LogP contribution in [0, 0.1) is 17.2 Å². The van der Waals surface area contributed by atoms with Gasteiger partial charge >= 0.3 is 5.97 Å². The topological polar surface area (TPSA) is 245 Å². The van der Waals surface area contributed by atoms with E-state index in [2.05, 4.69) is 31.5 Å². The third kappa shape index (κ3) is 7.09. The highest BCUT2D eigenvalue weighted by molar-refractivity contribution is 8.00. The number of aromatic nitrogens is 4. The van der Waals surface area contributed by atoms with Gasteiger partial charge < -0.3 is 41.7 Å². The fourth-order valence-electron chi connectivity index (χ4n) is 6.19. The van der Waals surface area contributed by atoms with Crippen LogP contribution in [0.2, 0.25) is 0 Å². The number of hydrogen-bond acceptors (Lipinski definition) is 11. The van der Waals surface area contributed by atoms with Crippen LogP contribution in [-0.2, 0) is 25.7 Å².